The Morgan fingerprint density at radius 3 is 2.76 bits per heavy atom. The van der Waals surface area contributed by atoms with E-state index in [2.05, 4.69) is 40.6 Å². The van der Waals surface area contributed by atoms with Gasteiger partial charge in [0, 0.05) is 44.8 Å². The first-order valence-corrected chi connectivity index (χ1v) is 10.1. The number of nitrogens with zero attached hydrogens (tertiary/aromatic N) is 5. The molecule has 0 radical (unpaired) electrons. The topological polar surface area (TPSA) is 87.1 Å². The predicted octanol–water partition coefficient (Wildman–Crippen LogP) is 1.33. The Morgan fingerprint density at radius 1 is 1.32 bits per heavy atom. The first kappa shape index (κ1) is 18.1. The first-order chi connectivity index (χ1) is 11.9. The van der Waals surface area contributed by atoms with Crippen LogP contribution >= 0.6 is 0 Å². The Labute approximate surface area is 148 Å². The number of nitrogens with one attached hydrogen (secondary N) is 1. The summed E-state index contributed by atoms with van der Waals surface area (Å²) in [5.41, 5.74) is 0. The van der Waals surface area contributed by atoms with Crippen molar-refractivity contribution in [3.63, 3.8) is 0 Å². The fourth-order valence-corrected chi connectivity index (χ4v) is 4.61. The zero-order valence-corrected chi connectivity index (χ0v) is 15.8. The van der Waals surface area contributed by atoms with Crippen molar-refractivity contribution in [1.29, 1.82) is 0 Å². The van der Waals surface area contributed by atoms with E-state index in [9.17, 15) is 8.42 Å². The Hall–Kier alpha value is -1.71. The summed E-state index contributed by atoms with van der Waals surface area (Å²) >= 11 is 0. The highest BCUT2D eigenvalue weighted by molar-refractivity contribution is 7.89. The molecular weight excluding hydrogens is 340 g/mol. The van der Waals surface area contributed by atoms with E-state index in [0.717, 1.165) is 18.9 Å². The highest BCUT2D eigenvalue weighted by atomic mass is 32.2. The number of aromatic amines is 1. The summed E-state index contributed by atoms with van der Waals surface area (Å²) in [6.45, 7) is 9.37. The largest absolute Gasteiger partial charge is 0.347 e. The molecule has 0 saturated carbocycles. The lowest BCUT2D eigenvalue weighted by Gasteiger charge is -2.38. The molecule has 8 nitrogen and oxygen atoms in total. The number of piperazine rings is 1. The van der Waals surface area contributed by atoms with Crippen LogP contribution in [-0.2, 0) is 16.6 Å². The molecule has 25 heavy (non-hydrogen) atoms. The predicted molar refractivity (Wildman–Crippen MR) is 94.4 cm³/mol. The number of rotatable bonds is 6. The second kappa shape index (κ2) is 7.27. The highest BCUT2D eigenvalue weighted by Crippen LogP contribution is 2.26. The van der Waals surface area contributed by atoms with Gasteiger partial charge in [-0.25, -0.2) is 18.4 Å². The molecule has 0 amide bonds. The summed E-state index contributed by atoms with van der Waals surface area (Å²) in [7, 11) is -3.60. The second-order valence-electron chi connectivity index (χ2n) is 6.78. The summed E-state index contributed by atoms with van der Waals surface area (Å²) in [6, 6.07) is -0.0683. The summed E-state index contributed by atoms with van der Waals surface area (Å²) in [5.74, 6) is 1.23. The number of imidazole rings is 2. The van der Waals surface area contributed by atoms with Crippen LogP contribution in [0.5, 0.6) is 0 Å². The van der Waals surface area contributed by atoms with Gasteiger partial charge in [0.2, 0.25) is 0 Å². The van der Waals surface area contributed by atoms with Crippen LogP contribution in [0.2, 0.25) is 0 Å². The van der Waals surface area contributed by atoms with E-state index in [1.807, 2.05) is 4.57 Å². The van der Waals surface area contributed by atoms with E-state index in [-0.39, 0.29) is 11.1 Å². The highest BCUT2D eigenvalue weighted by Gasteiger charge is 2.36. The maximum absolute atomic E-state index is 13.0. The van der Waals surface area contributed by atoms with E-state index in [0.29, 0.717) is 25.6 Å². The molecular formula is C16H26N6O2S. The van der Waals surface area contributed by atoms with Crippen LogP contribution in [0.25, 0.3) is 0 Å². The molecule has 138 valence electrons. The van der Waals surface area contributed by atoms with Crippen molar-refractivity contribution in [1.82, 2.24) is 28.7 Å². The monoisotopic (exact) mass is 366 g/mol. The molecule has 0 unspecified atom stereocenters. The SMILES string of the molecule is CCN1CCN(S(=O)(=O)c2cn(CC(C)C)cn2)C[C@H]1c1ncc[nH]1. The summed E-state index contributed by atoms with van der Waals surface area (Å²) in [5, 5.41) is 0.122. The van der Waals surface area contributed by atoms with Crippen LogP contribution in [0.4, 0.5) is 0 Å². The third-order valence-electron chi connectivity index (χ3n) is 4.48. The van der Waals surface area contributed by atoms with Crippen molar-refractivity contribution in [2.75, 3.05) is 26.2 Å². The van der Waals surface area contributed by atoms with Crippen LogP contribution in [0, 0.1) is 5.92 Å². The van der Waals surface area contributed by atoms with Crippen molar-refractivity contribution in [3.05, 3.63) is 30.7 Å². The minimum absolute atomic E-state index is 0.0683. The van der Waals surface area contributed by atoms with Gasteiger partial charge in [0.05, 0.1) is 12.4 Å². The minimum atomic E-state index is -3.60. The third-order valence-corrected chi connectivity index (χ3v) is 6.24. The van der Waals surface area contributed by atoms with E-state index in [1.165, 1.54) is 4.31 Å². The molecule has 9 heteroatoms. The van der Waals surface area contributed by atoms with Gasteiger partial charge in [-0.2, -0.15) is 4.31 Å². The van der Waals surface area contributed by atoms with E-state index in [1.54, 1.807) is 24.9 Å². The Morgan fingerprint density at radius 2 is 2.12 bits per heavy atom. The van der Waals surface area contributed by atoms with Gasteiger partial charge in [-0.1, -0.05) is 20.8 Å². The normalized spacial score (nSPS) is 20.4. The number of H-pyrrole nitrogens is 1. The molecule has 1 aliphatic heterocycles. The molecule has 1 N–H and O–H groups in total. The lowest BCUT2D eigenvalue weighted by Crippen LogP contribution is -2.50. The molecule has 2 aromatic rings. The maximum atomic E-state index is 13.0. The van der Waals surface area contributed by atoms with Crippen molar-refractivity contribution in [3.8, 4) is 0 Å². The first-order valence-electron chi connectivity index (χ1n) is 8.67. The van der Waals surface area contributed by atoms with Gasteiger partial charge in [-0.3, -0.25) is 4.90 Å². The lowest BCUT2D eigenvalue weighted by molar-refractivity contribution is 0.119. The van der Waals surface area contributed by atoms with Gasteiger partial charge in [0.1, 0.15) is 5.82 Å². The molecule has 3 heterocycles. The van der Waals surface area contributed by atoms with Crippen LogP contribution < -0.4 is 0 Å². The van der Waals surface area contributed by atoms with E-state index >= 15 is 0 Å². The molecule has 0 bridgehead atoms. The number of likely N-dealkylation sites (N-methyl/N-ethyl adjacent to an activating group) is 1. The molecule has 3 rings (SSSR count). The average Bonchev–Trinajstić information content (AvgIpc) is 3.25. The molecule has 0 spiro atoms. The van der Waals surface area contributed by atoms with Crippen molar-refractivity contribution in [2.24, 2.45) is 5.92 Å². The fourth-order valence-electron chi connectivity index (χ4n) is 3.24. The Bertz CT molecular complexity index is 783. The number of hydrogen-bond donors (Lipinski definition) is 1. The molecule has 1 aliphatic rings. The number of sulfonamides is 1. The summed E-state index contributed by atoms with van der Waals surface area (Å²) in [4.78, 5) is 13.8. The fraction of sp³-hybridized carbons (Fsp3) is 0.625. The summed E-state index contributed by atoms with van der Waals surface area (Å²) < 4.78 is 29.4. The standard InChI is InChI=1S/C16H26N6O2S/c1-4-21-7-8-22(10-14(21)16-17-5-6-18-16)25(23,24)15-11-20(12-19-15)9-13(2)3/h5-6,11-14H,4,7-10H2,1-3H3,(H,17,18)/t14-/m0/s1. The van der Waals surface area contributed by atoms with Crippen molar-refractivity contribution >= 4 is 10.0 Å². The van der Waals surface area contributed by atoms with Gasteiger partial charge in [-0.05, 0) is 12.5 Å². The van der Waals surface area contributed by atoms with Gasteiger partial charge in [-0.15, -0.1) is 0 Å². The molecule has 1 saturated heterocycles. The van der Waals surface area contributed by atoms with Crippen molar-refractivity contribution in [2.45, 2.75) is 38.4 Å². The smallest absolute Gasteiger partial charge is 0.262 e. The minimum Gasteiger partial charge on any atom is -0.347 e. The zero-order chi connectivity index (χ0) is 18.0. The van der Waals surface area contributed by atoms with E-state index < -0.39 is 10.0 Å². The maximum Gasteiger partial charge on any atom is 0.262 e. The van der Waals surface area contributed by atoms with Crippen molar-refractivity contribution < 1.29 is 8.42 Å². The van der Waals surface area contributed by atoms with Gasteiger partial charge in [0.25, 0.3) is 10.0 Å². The lowest BCUT2D eigenvalue weighted by atomic mass is 10.2. The molecule has 0 aliphatic carbocycles. The van der Waals surface area contributed by atoms with Crippen LogP contribution in [0.3, 0.4) is 0 Å². The molecule has 1 atom stereocenters. The number of aromatic nitrogens is 4. The Kier molecular flexibility index (Phi) is 5.26. The van der Waals surface area contributed by atoms with Crippen LogP contribution in [-0.4, -0.2) is 63.3 Å². The molecule has 2 aromatic heterocycles. The van der Waals surface area contributed by atoms with Crippen LogP contribution in [0.15, 0.2) is 29.9 Å². The number of hydrogen-bond acceptors (Lipinski definition) is 5. The summed E-state index contributed by atoms with van der Waals surface area (Å²) in [6.07, 6.45) is 6.69. The van der Waals surface area contributed by atoms with Gasteiger partial charge < -0.3 is 9.55 Å². The van der Waals surface area contributed by atoms with Gasteiger partial charge in [0.15, 0.2) is 5.03 Å². The third kappa shape index (κ3) is 3.78. The molecule has 1 fully saturated rings. The van der Waals surface area contributed by atoms with Gasteiger partial charge >= 0.3 is 0 Å². The quantitative estimate of drug-likeness (QED) is 0.833. The van der Waals surface area contributed by atoms with E-state index in [4.69, 9.17) is 0 Å². The Balaban J connectivity index is 1.81. The van der Waals surface area contributed by atoms with Crippen LogP contribution in [0.1, 0.15) is 32.6 Å². The molecule has 0 aromatic carbocycles. The zero-order valence-electron chi connectivity index (χ0n) is 15.0. The second-order valence-corrected chi connectivity index (χ2v) is 8.67. The average molecular weight is 366 g/mol.